The molecule has 122 valence electrons. The third-order valence-corrected chi connectivity index (χ3v) is 4.65. The fourth-order valence-corrected chi connectivity index (χ4v) is 2.97. The van der Waals surface area contributed by atoms with Crippen LogP contribution in [0.3, 0.4) is 0 Å². The molecule has 2 fully saturated rings. The van der Waals surface area contributed by atoms with Crippen molar-refractivity contribution >= 4 is 5.91 Å². The number of nitrogens with two attached hydrogens (primary N) is 1. The van der Waals surface area contributed by atoms with Gasteiger partial charge in [-0.15, -0.1) is 0 Å². The van der Waals surface area contributed by atoms with Gasteiger partial charge in [-0.1, -0.05) is 6.42 Å². The first-order valence-electron chi connectivity index (χ1n) is 8.67. The second-order valence-electron chi connectivity index (χ2n) is 6.54. The molecule has 0 bridgehead atoms. The highest BCUT2D eigenvalue weighted by Crippen LogP contribution is 2.19. The highest BCUT2D eigenvalue weighted by Gasteiger charge is 2.29. The van der Waals surface area contributed by atoms with E-state index in [0.29, 0.717) is 6.04 Å². The number of nitrogens with one attached hydrogen (secondary N) is 1. The Balaban J connectivity index is 1.68. The lowest BCUT2D eigenvalue weighted by Gasteiger charge is -2.27. The van der Waals surface area contributed by atoms with Crippen molar-refractivity contribution in [1.82, 2.24) is 15.1 Å². The van der Waals surface area contributed by atoms with Gasteiger partial charge in [0.05, 0.1) is 6.04 Å². The average Bonchev–Trinajstić information content (AvgIpc) is 3.30. The maximum atomic E-state index is 12.2. The molecule has 0 aromatic carbocycles. The SMILES string of the molecule is CC(C(=O)NC1CC1)N1CCCN(CCCCCN)CC1. The molecular weight excluding hydrogens is 264 g/mol. The largest absolute Gasteiger partial charge is 0.352 e. The number of amides is 1. The van der Waals surface area contributed by atoms with Crippen LogP contribution < -0.4 is 11.1 Å². The molecule has 1 saturated heterocycles. The Hall–Kier alpha value is -0.650. The van der Waals surface area contributed by atoms with Gasteiger partial charge in [-0.05, 0) is 58.7 Å². The van der Waals surface area contributed by atoms with Gasteiger partial charge in [0.15, 0.2) is 0 Å². The Morgan fingerprint density at radius 3 is 2.71 bits per heavy atom. The number of unbranched alkanes of at least 4 members (excludes halogenated alkanes) is 2. The molecule has 1 aliphatic carbocycles. The lowest BCUT2D eigenvalue weighted by Crippen LogP contribution is -2.47. The summed E-state index contributed by atoms with van der Waals surface area (Å²) < 4.78 is 0. The molecule has 1 amide bonds. The van der Waals surface area contributed by atoms with Gasteiger partial charge in [0.2, 0.25) is 5.91 Å². The summed E-state index contributed by atoms with van der Waals surface area (Å²) in [6.45, 7) is 8.33. The van der Waals surface area contributed by atoms with Crippen molar-refractivity contribution in [2.75, 3.05) is 39.3 Å². The monoisotopic (exact) mass is 296 g/mol. The third kappa shape index (κ3) is 5.93. The van der Waals surface area contributed by atoms with Gasteiger partial charge in [-0.2, -0.15) is 0 Å². The standard InChI is InChI=1S/C16H32N4O/c1-14(16(21)18-15-6-7-15)20-11-5-10-19(12-13-20)9-4-2-3-8-17/h14-15H,2-13,17H2,1H3,(H,18,21). The molecule has 5 nitrogen and oxygen atoms in total. The summed E-state index contributed by atoms with van der Waals surface area (Å²) in [5, 5.41) is 3.12. The van der Waals surface area contributed by atoms with Gasteiger partial charge in [0, 0.05) is 25.7 Å². The van der Waals surface area contributed by atoms with Gasteiger partial charge in [0.25, 0.3) is 0 Å². The number of rotatable bonds is 8. The van der Waals surface area contributed by atoms with E-state index in [4.69, 9.17) is 5.73 Å². The molecule has 0 aromatic heterocycles. The first kappa shape index (κ1) is 16.7. The van der Waals surface area contributed by atoms with Crippen molar-refractivity contribution in [2.24, 2.45) is 5.73 Å². The van der Waals surface area contributed by atoms with E-state index >= 15 is 0 Å². The summed E-state index contributed by atoms with van der Waals surface area (Å²) in [4.78, 5) is 17.0. The number of hydrogen-bond donors (Lipinski definition) is 2. The van der Waals surface area contributed by atoms with Crippen LogP contribution in [0.4, 0.5) is 0 Å². The van der Waals surface area contributed by atoms with E-state index in [-0.39, 0.29) is 11.9 Å². The lowest BCUT2D eigenvalue weighted by molar-refractivity contribution is -0.126. The second-order valence-corrected chi connectivity index (χ2v) is 6.54. The molecule has 0 spiro atoms. The van der Waals surface area contributed by atoms with Crippen molar-refractivity contribution in [3.8, 4) is 0 Å². The number of carbonyl (C=O) groups excluding carboxylic acids is 1. The summed E-state index contributed by atoms with van der Waals surface area (Å²) >= 11 is 0. The molecule has 1 heterocycles. The minimum Gasteiger partial charge on any atom is -0.352 e. The first-order valence-corrected chi connectivity index (χ1v) is 8.67. The fourth-order valence-electron chi connectivity index (χ4n) is 2.97. The molecule has 21 heavy (non-hydrogen) atoms. The summed E-state index contributed by atoms with van der Waals surface area (Å²) in [5.41, 5.74) is 5.53. The molecule has 2 aliphatic rings. The smallest absolute Gasteiger partial charge is 0.237 e. The van der Waals surface area contributed by atoms with E-state index in [2.05, 4.69) is 22.0 Å². The zero-order valence-electron chi connectivity index (χ0n) is 13.5. The molecule has 1 aliphatic heterocycles. The summed E-state index contributed by atoms with van der Waals surface area (Å²) in [6, 6.07) is 0.480. The van der Waals surface area contributed by atoms with Crippen molar-refractivity contribution in [1.29, 1.82) is 0 Å². The molecule has 5 heteroatoms. The highest BCUT2D eigenvalue weighted by molar-refractivity contribution is 5.81. The van der Waals surface area contributed by atoms with Gasteiger partial charge in [-0.25, -0.2) is 0 Å². The van der Waals surface area contributed by atoms with Crippen LogP contribution in [0.15, 0.2) is 0 Å². The molecule has 3 N–H and O–H groups in total. The van der Waals surface area contributed by atoms with Crippen LogP contribution in [-0.4, -0.2) is 67.1 Å². The number of hydrogen-bond acceptors (Lipinski definition) is 4. The van der Waals surface area contributed by atoms with Crippen LogP contribution in [0, 0.1) is 0 Å². The van der Waals surface area contributed by atoms with Gasteiger partial charge < -0.3 is 16.0 Å². The molecule has 0 radical (unpaired) electrons. The first-order chi connectivity index (χ1) is 10.2. The molecule has 2 rings (SSSR count). The van der Waals surface area contributed by atoms with E-state index in [0.717, 1.165) is 58.4 Å². The predicted octanol–water partition coefficient (Wildman–Crippen LogP) is 0.790. The van der Waals surface area contributed by atoms with E-state index in [1.165, 1.54) is 19.4 Å². The average molecular weight is 296 g/mol. The Kier molecular flexibility index (Phi) is 6.93. The minimum absolute atomic E-state index is 0.0165. The van der Waals surface area contributed by atoms with Crippen LogP contribution in [0.2, 0.25) is 0 Å². The predicted molar refractivity (Wildman–Crippen MR) is 86.2 cm³/mol. The van der Waals surface area contributed by atoms with E-state index in [9.17, 15) is 4.79 Å². The Bertz CT molecular complexity index is 319. The van der Waals surface area contributed by atoms with Crippen molar-refractivity contribution in [3.63, 3.8) is 0 Å². The van der Waals surface area contributed by atoms with Crippen molar-refractivity contribution < 1.29 is 4.79 Å². The van der Waals surface area contributed by atoms with E-state index < -0.39 is 0 Å². The fraction of sp³-hybridized carbons (Fsp3) is 0.938. The number of nitrogens with zero attached hydrogens (tertiary/aromatic N) is 2. The topological polar surface area (TPSA) is 61.6 Å². The second kappa shape index (κ2) is 8.71. The van der Waals surface area contributed by atoms with Crippen LogP contribution in [0.5, 0.6) is 0 Å². The van der Waals surface area contributed by atoms with Gasteiger partial charge in [-0.3, -0.25) is 9.69 Å². The quantitative estimate of drug-likeness (QED) is 0.650. The van der Waals surface area contributed by atoms with Gasteiger partial charge >= 0.3 is 0 Å². The van der Waals surface area contributed by atoms with Crippen LogP contribution in [-0.2, 0) is 4.79 Å². The summed E-state index contributed by atoms with van der Waals surface area (Å²) in [6.07, 6.45) is 7.10. The highest BCUT2D eigenvalue weighted by atomic mass is 16.2. The molecular formula is C16H32N4O. The lowest BCUT2D eigenvalue weighted by atomic mass is 10.2. The molecule has 1 saturated carbocycles. The normalized spacial score (nSPS) is 22.8. The van der Waals surface area contributed by atoms with Crippen molar-refractivity contribution in [2.45, 2.75) is 57.5 Å². The van der Waals surface area contributed by atoms with E-state index in [1.807, 2.05) is 0 Å². The van der Waals surface area contributed by atoms with Crippen LogP contribution >= 0.6 is 0 Å². The molecule has 1 unspecified atom stereocenters. The zero-order chi connectivity index (χ0) is 15.1. The maximum Gasteiger partial charge on any atom is 0.237 e. The third-order valence-electron chi connectivity index (χ3n) is 4.65. The van der Waals surface area contributed by atoms with Crippen molar-refractivity contribution in [3.05, 3.63) is 0 Å². The van der Waals surface area contributed by atoms with Crippen LogP contribution in [0.25, 0.3) is 0 Å². The Labute approximate surface area is 129 Å². The minimum atomic E-state index is 0.0165. The Morgan fingerprint density at radius 1 is 1.19 bits per heavy atom. The van der Waals surface area contributed by atoms with E-state index in [1.54, 1.807) is 0 Å². The molecule has 1 atom stereocenters. The number of carbonyl (C=O) groups is 1. The maximum absolute atomic E-state index is 12.2. The summed E-state index contributed by atoms with van der Waals surface area (Å²) in [7, 11) is 0. The molecule has 0 aromatic rings. The summed E-state index contributed by atoms with van der Waals surface area (Å²) in [5.74, 6) is 0.217. The van der Waals surface area contributed by atoms with Gasteiger partial charge in [0.1, 0.15) is 0 Å². The Morgan fingerprint density at radius 2 is 2.00 bits per heavy atom. The van der Waals surface area contributed by atoms with Crippen LogP contribution in [0.1, 0.15) is 45.4 Å². The zero-order valence-corrected chi connectivity index (χ0v) is 13.5.